The maximum absolute atomic E-state index is 2.36. The average Bonchev–Trinajstić information content (AvgIpc) is 2.16. The molecule has 0 N–H and O–H groups in total. The molecule has 0 aliphatic carbocycles. The summed E-state index contributed by atoms with van der Waals surface area (Å²) in [5.74, 6) is 0. The van der Waals surface area contributed by atoms with Gasteiger partial charge in [0.2, 0.25) is 0 Å². The molecule has 1 heteroatoms. The minimum atomic E-state index is 0. The second kappa shape index (κ2) is 12.0. The van der Waals surface area contributed by atoms with Crippen molar-refractivity contribution < 1.29 is 0 Å². The molecule has 0 aliphatic heterocycles. The Balaban J connectivity index is -0.000000108. The lowest BCUT2D eigenvalue weighted by Crippen LogP contribution is -2.29. The van der Waals surface area contributed by atoms with Crippen molar-refractivity contribution >= 4 is 0 Å². The summed E-state index contributed by atoms with van der Waals surface area (Å²) in [6.07, 6.45) is 2.63. The molecular formula is C17H43N. The Morgan fingerprint density at radius 2 is 1.11 bits per heavy atom. The van der Waals surface area contributed by atoms with Crippen LogP contribution >= 0.6 is 0 Å². The molecule has 0 atom stereocenters. The molecule has 0 bridgehead atoms. The lowest BCUT2D eigenvalue weighted by atomic mass is 9.67. The molecule has 0 saturated carbocycles. The van der Waals surface area contributed by atoms with Gasteiger partial charge in [-0.05, 0) is 37.4 Å². The summed E-state index contributed by atoms with van der Waals surface area (Å²) in [5.41, 5.74) is 0.935. The van der Waals surface area contributed by atoms with E-state index in [1.807, 2.05) is 0 Å². The molecule has 0 saturated heterocycles. The summed E-state index contributed by atoms with van der Waals surface area (Å²) in [6.45, 7) is 20.6. The minimum absolute atomic E-state index is 0. The van der Waals surface area contributed by atoms with Gasteiger partial charge in [0.25, 0.3) is 0 Å². The van der Waals surface area contributed by atoms with Gasteiger partial charge in [-0.15, -0.1) is 0 Å². The summed E-state index contributed by atoms with van der Waals surface area (Å²) < 4.78 is 0. The first-order valence-corrected chi connectivity index (χ1v) is 6.80. The van der Waals surface area contributed by atoms with E-state index in [1.165, 1.54) is 12.8 Å². The highest BCUT2D eigenvalue weighted by atomic mass is 15.1. The van der Waals surface area contributed by atoms with Gasteiger partial charge < -0.3 is 4.90 Å². The van der Waals surface area contributed by atoms with Gasteiger partial charge in [0.1, 0.15) is 0 Å². The summed E-state index contributed by atoms with van der Waals surface area (Å²) in [4.78, 5) is 2.25. The van der Waals surface area contributed by atoms with Crippen LogP contribution in [-0.2, 0) is 0 Å². The zero-order valence-corrected chi connectivity index (χ0v) is 13.3. The molecule has 0 heterocycles. The molecule has 0 rings (SSSR count). The van der Waals surface area contributed by atoms with E-state index in [0.29, 0.717) is 10.8 Å². The third kappa shape index (κ3) is 12.4. The van der Waals surface area contributed by atoms with E-state index in [-0.39, 0.29) is 14.9 Å². The molecular weight excluding hydrogens is 218 g/mol. The molecule has 0 aromatic heterocycles. The van der Waals surface area contributed by atoms with Gasteiger partial charge in [-0.1, -0.05) is 76.7 Å². The first-order valence-electron chi connectivity index (χ1n) is 6.80. The van der Waals surface area contributed by atoms with Crippen LogP contribution in [0.5, 0.6) is 0 Å². The Bertz CT molecular complexity index is 149. The van der Waals surface area contributed by atoms with E-state index in [2.05, 4.69) is 67.3 Å². The fraction of sp³-hybridized carbons (Fsp3) is 1.00. The lowest BCUT2D eigenvalue weighted by molar-refractivity contribution is 0.119. The van der Waals surface area contributed by atoms with E-state index in [0.717, 1.165) is 13.1 Å². The highest BCUT2D eigenvalue weighted by molar-refractivity contribution is 4.81. The zero-order chi connectivity index (χ0) is 13.4. The number of hydrogen-bond donors (Lipinski definition) is 0. The molecule has 1 nitrogen and oxygen atoms in total. The van der Waals surface area contributed by atoms with Crippen molar-refractivity contribution in [2.24, 2.45) is 10.8 Å². The van der Waals surface area contributed by atoms with Gasteiger partial charge in [-0.2, -0.15) is 0 Å². The van der Waals surface area contributed by atoms with Gasteiger partial charge in [0.15, 0.2) is 0 Å². The first kappa shape index (κ1) is 26.5. The number of hydrogen-bond acceptors (Lipinski definition) is 1. The van der Waals surface area contributed by atoms with Crippen LogP contribution < -0.4 is 0 Å². The average molecular weight is 262 g/mol. The van der Waals surface area contributed by atoms with Crippen molar-refractivity contribution in [1.29, 1.82) is 0 Å². The van der Waals surface area contributed by atoms with Crippen molar-refractivity contribution in [3.8, 4) is 0 Å². The van der Waals surface area contributed by atoms with Crippen molar-refractivity contribution in [2.45, 2.75) is 83.1 Å². The molecule has 0 radical (unpaired) electrons. The zero-order valence-electron chi connectivity index (χ0n) is 13.3. The van der Waals surface area contributed by atoms with E-state index < -0.39 is 0 Å². The van der Waals surface area contributed by atoms with Crippen LogP contribution in [-0.4, -0.2) is 25.0 Å². The van der Waals surface area contributed by atoms with Crippen LogP contribution in [0.3, 0.4) is 0 Å². The van der Waals surface area contributed by atoms with Crippen LogP contribution in [0.2, 0.25) is 0 Å². The van der Waals surface area contributed by atoms with Crippen molar-refractivity contribution in [3.05, 3.63) is 0 Å². The highest BCUT2D eigenvalue weighted by Gasteiger charge is 2.31. The molecule has 116 valence electrons. The van der Waals surface area contributed by atoms with Gasteiger partial charge >= 0.3 is 0 Å². The maximum Gasteiger partial charge on any atom is -0.00504 e. The smallest absolute Gasteiger partial charge is 0.00504 e. The number of nitrogens with zero attached hydrogens (tertiary/aromatic N) is 1. The molecule has 0 spiro atoms. The summed E-state index contributed by atoms with van der Waals surface area (Å²) in [6, 6.07) is 0. The van der Waals surface area contributed by atoms with Crippen LogP contribution in [0, 0.1) is 10.8 Å². The van der Waals surface area contributed by atoms with Crippen molar-refractivity contribution in [2.75, 3.05) is 20.1 Å². The topological polar surface area (TPSA) is 3.24 Å². The van der Waals surface area contributed by atoms with Crippen LogP contribution in [0.1, 0.15) is 83.1 Å². The first-order chi connectivity index (χ1) is 7.12. The molecule has 0 fully saturated rings. The SMILES string of the molecule is C.C.CCCC(C)(C)C(C)(C)C.CCN(C)CC. The van der Waals surface area contributed by atoms with E-state index in [9.17, 15) is 0 Å². The van der Waals surface area contributed by atoms with Gasteiger partial charge in [0.05, 0.1) is 0 Å². The fourth-order valence-electron chi connectivity index (χ4n) is 1.22. The second-order valence-corrected chi connectivity index (χ2v) is 6.37. The van der Waals surface area contributed by atoms with Crippen molar-refractivity contribution in [3.63, 3.8) is 0 Å². The lowest BCUT2D eigenvalue weighted by Gasteiger charge is -2.38. The standard InChI is InChI=1S/C10H22.C5H13N.2CH4/c1-7-8-10(5,6)9(2,3)4;1-4-6(3)5-2;;/h7-8H2,1-6H3;4-5H2,1-3H3;2*1H4. The van der Waals surface area contributed by atoms with Crippen molar-refractivity contribution in [1.82, 2.24) is 4.90 Å². The third-order valence-electron chi connectivity index (χ3n) is 3.98. The maximum atomic E-state index is 2.36. The minimum Gasteiger partial charge on any atom is -0.307 e. The summed E-state index contributed by atoms with van der Waals surface area (Å²) in [5, 5.41) is 0. The van der Waals surface area contributed by atoms with E-state index in [4.69, 9.17) is 0 Å². The Kier molecular flexibility index (Phi) is 17.7. The van der Waals surface area contributed by atoms with Gasteiger partial charge in [0, 0.05) is 0 Å². The monoisotopic (exact) mass is 261 g/mol. The second-order valence-electron chi connectivity index (χ2n) is 6.37. The van der Waals surface area contributed by atoms with Gasteiger partial charge in [-0.3, -0.25) is 0 Å². The summed E-state index contributed by atoms with van der Waals surface area (Å²) >= 11 is 0. The molecule has 0 aliphatic rings. The Labute approximate surface area is 119 Å². The Hall–Kier alpha value is -0.0400. The third-order valence-corrected chi connectivity index (χ3v) is 3.98. The van der Waals surface area contributed by atoms with Crippen LogP contribution in [0.4, 0.5) is 0 Å². The molecule has 18 heavy (non-hydrogen) atoms. The highest BCUT2D eigenvalue weighted by Crippen LogP contribution is 2.41. The predicted octanol–water partition coefficient (Wildman–Crippen LogP) is 6.09. The van der Waals surface area contributed by atoms with Crippen LogP contribution in [0.25, 0.3) is 0 Å². The largest absolute Gasteiger partial charge is 0.307 e. The Morgan fingerprint density at radius 3 is 1.17 bits per heavy atom. The van der Waals surface area contributed by atoms with Gasteiger partial charge in [-0.25, -0.2) is 0 Å². The molecule has 0 aromatic rings. The van der Waals surface area contributed by atoms with Crippen LogP contribution in [0.15, 0.2) is 0 Å². The molecule has 0 unspecified atom stereocenters. The number of rotatable bonds is 4. The van der Waals surface area contributed by atoms with E-state index in [1.54, 1.807) is 0 Å². The summed E-state index contributed by atoms with van der Waals surface area (Å²) in [7, 11) is 2.11. The Morgan fingerprint density at radius 1 is 0.778 bits per heavy atom. The molecule has 0 aromatic carbocycles. The fourth-order valence-corrected chi connectivity index (χ4v) is 1.22. The van der Waals surface area contributed by atoms with E-state index >= 15 is 0 Å². The normalized spacial score (nSPS) is 11.0. The predicted molar refractivity (Wildman–Crippen MR) is 90.5 cm³/mol. The molecule has 0 amide bonds. The quantitative estimate of drug-likeness (QED) is 0.592.